The minimum atomic E-state index is -4.52. The van der Waals surface area contributed by atoms with Crippen LogP contribution in [0, 0.1) is 18.8 Å². The molecule has 2 N–H and O–H groups in total. The van der Waals surface area contributed by atoms with E-state index in [0.717, 1.165) is 12.8 Å². The van der Waals surface area contributed by atoms with Crippen LogP contribution in [0.4, 0.5) is 26.7 Å². The zero-order chi connectivity index (χ0) is 29.8. The number of imidazole rings is 1. The third-order valence-corrected chi connectivity index (χ3v) is 8.42. The monoisotopic (exact) mass is 596 g/mol. The Kier molecular flexibility index (Phi) is 7.04. The van der Waals surface area contributed by atoms with Crippen molar-refractivity contribution in [3.63, 3.8) is 0 Å². The van der Waals surface area contributed by atoms with Gasteiger partial charge in [-0.2, -0.15) is 18.3 Å². The van der Waals surface area contributed by atoms with Crippen molar-refractivity contribution in [1.29, 1.82) is 0 Å². The summed E-state index contributed by atoms with van der Waals surface area (Å²) >= 11 is 0. The maximum Gasteiger partial charge on any atom is 0.408 e. The molecule has 42 heavy (non-hydrogen) atoms. The molecule has 3 atom stereocenters. The third kappa shape index (κ3) is 5.62. The van der Waals surface area contributed by atoms with Gasteiger partial charge in [0.15, 0.2) is 11.3 Å². The van der Waals surface area contributed by atoms with Crippen molar-refractivity contribution in [3.05, 3.63) is 41.1 Å². The Morgan fingerprint density at radius 2 is 1.88 bits per heavy atom. The van der Waals surface area contributed by atoms with E-state index < -0.39 is 42.2 Å². The van der Waals surface area contributed by atoms with E-state index in [1.807, 2.05) is 0 Å². The van der Waals surface area contributed by atoms with Gasteiger partial charge in [-0.05, 0) is 67.7 Å². The van der Waals surface area contributed by atoms with Gasteiger partial charge in [-0.3, -0.25) is 4.79 Å². The first-order valence-corrected chi connectivity index (χ1v) is 13.9. The number of halogens is 5. The van der Waals surface area contributed by atoms with Crippen molar-refractivity contribution in [1.82, 2.24) is 40.4 Å². The molecule has 3 fully saturated rings. The van der Waals surface area contributed by atoms with E-state index in [2.05, 4.69) is 35.7 Å². The van der Waals surface area contributed by atoms with E-state index in [-0.39, 0.29) is 61.9 Å². The first-order valence-electron chi connectivity index (χ1n) is 13.9. The van der Waals surface area contributed by atoms with E-state index >= 15 is 0 Å². The Morgan fingerprint density at radius 3 is 2.50 bits per heavy atom. The van der Waals surface area contributed by atoms with Gasteiger partial charge in [0.25, 0.3) is 5.91 Å². The molecule has 16 heteroatoms. The van der Waals surface area contributed by atoms with Gasteiger partial charge in [0.2, 0.25) is 5.92 Å². The maximum absolute atomic E-state index is 14.0. The van der Waals surface area contributed by atoms with Crippen molar-refractivity contribution in [2.75, 3.05) is 6.54 Å². The van der Waals surface area contributed by atoms with Crippen LogP contribution in [0.5, 0.6) is 0 Å². The van der Waals surface area contributed by atoms with E-state index in [4.69, 9.17) is 0 Å². The molecule has 3 amide bonds. The summed E-state index contributed by atoms with van der Waals surface area (Å²) in [5, 5.41) is 16.7. The standard InChI is InChI=1S/C26H29F5N8O3/c1-13-20(37-42-36-13)23(40)35-21(14-4-7-25(27,28)8-5-14)17-12-39-19(33-17)10-16(11-32-39)22(15-2-3-15)38-9-6-18(26(29,30)31)34-24(38)41/h10-12,14-15,18,21-22H,2-9H2,1H3,(H,34,41)(H,35,40)/t18?,21-,22?/m0/s1. The Morgan fingerprint density at radius 1 is 1.14 bits per heavy atom. The van der Waals surface area contributed by atoms with Gasteiger partial charge in [0.05, 0.1) is 30.2 Å². The van der Waals surface area contributed by atoms with Crippen molar-refractivity contribution in [3.8, 4) is 0 Å². The minimum Gasteiger partial charge on any atom is -0.342 e. The zero-order valence-corrected chi connectivity index (χ0v) is 22.6. The van der Waals surface area contributed by atoms with Gasteiger partial charge in [0.1, 0.15) is 11.7 Å². The number of amides is 3. The van der Waals surface area contributed by atoms with Crippen LogP contribution in [0.2, 0.25) is 0 Å². The lowest BCUT2D eigenvalue weighted by Gasteiger charge is -2.38. The smallest absolute Gasteiger partial charge is 0.342 e. The number of fused-ring (bicyclic) bond motifs is 1. The third-order valence-electron chi connectivity index (χ3n) is 8.42. The summed E-state index contributed by atoms with van der Waals surface area (Å²) in [5.74, 6) is -3.61. The molecule has 3 aromatic heterocycles. The highest BCUT2D eigenvalue weighted by Crippen LogP contribution is 2.46. The molecule has 6 rings (SSSR count). The highest BCUT2D eigenvalue weighted by Gasteiger charge is 2.47. The summed E-state index contributed by atoms with van der Waals surface area (Å²) in [7, 11) is 0. The molecular weight excluding hydrogens is 567 g/mol. The van der Waals surface area contributed by atoms with Crippen molar-refractivity contribution in [2.24, 2.45) is 11.8 Å². The summed E-state index contributed by atoms with van der Waals surface area (Å²) in [5.41, 5.74) is 1.68. The van der Waals surface area contributed by atoms with E-state index in [1.54, 1.807) is 25.4 Å². The van der Waals surface area contributed by atoms with E-state index in [9.17, 15) is 31.5 Å². The topological polar surface area (TPSA) is 131 Å². The minimum absolute atomic E-state index is 0.0230. The van der Waals surface area contributed by atoms with Gasteiger partial charge >= 0.3 is 12.2 Å². The van der Waals surface area contributed by atoms with Gasteiger partial charge in [0, 0.05) is 19.4 Å². The molecule has 3 aromatic rings. The first-order chi connectivity index (χ1) is 19.9. The van der Waals surface area contributed by atoms with Crippen LogP contribution in [0.25, 0.3) is 5.65 Å². The molecular formula is C26H29F5N8O3. The number of nitrogens with zero attached hydrogens (tertiary/aromatic N) is 6. The highest BCUT2D eigenvalue weighted by atomic mass is 19.4. The second-order valence-electron chi connectivity index (χ2n) is 11.4. The molecule has 0 bridgehead atoms. The molecule has 0 aromatic carbocycles. The second kappa shape index (κ2) is 10.5. The Balaban J connectivity index is 1.28. The molecule has 11 nitrogen and oxygen atoms in total. The van der Waals surface area contributed by atoms with E-state index in [0.29, 0.717) is 16.9 Å². The van der Waals surface area contributed by atoms with Crippen molar-refractivity contribution in [2.45, 2.75) is 82.1 Å². The molecule has 4 heterocycles. The Bertz CT molecular complexity index is 1480. The molecule has 0 spiro atoms. The van der Waals surface area contributed by atoms with Crippen LogP contribution in [0.15, 0.2) is 23.1 Å². The average Bonchev–Trinajstić information content (AvgIpc) is 3.51. The van der Waals surface area contributed by atoms with Crippen LogP contribution in [-0.2, 0) is 0 Å². The zero-order valence-electron chi connectivity index (χ0n) is 22.6. The summed E-state index contributed by atoms with van der Waals surface area (Å²) in [6, 6.07) is -2.15. The molecule has 2 unspecified atom stereocenters. The quantitative estimate of drug-likeness (QED) is 0.384. The number of rotatable bonds is 7. The highest BCUT2D eigenvalue weighted by molar-refractivity contribution is 5.93. The number of alkyl halides is 5. The molecule has 2 saturated carbocycles. The molecule has 2 aliphatic carbocycles. The van der Waals surface area contributed by atoms with Gasteiger partial charge < -0.3 is 15.5 Å². The van der Waals surface area contributed by atoms with Crippen molar-refractivity contribution >= 4 is 17.6 Å². The van der Waals surface area contributed by atoms with Gasteiger partial charge in [-0.1, -0.05) is 5.16 Å². The second-order valence-corrected chi connectivity index (χ2v) is 11.4. The van der Waals surface area contributed by atoms with Crippen LogP contribution in [-0.4, -0.2) is 66.4 Å². The number of hydrogen-bond donors (Lipinski definition) is 2. The number of nitrogens with one attached hydrogen (secondary N) is 2. The summed E-state index contributed by atoms with van der Waals surface area (Å²) in [6.07, 6.45) is -0.294. The van der Waals surface area contributed by atoms with Crippen LogP contribution >= 0.6 is 0 Å². The molecule has 226 valence electrons. The lowest BCUT2D eigenvalue weighted by Crippen LogP contribution is -2.57. The normalized spacial score (nSPS) is 23.0. The van der Waals surface area contributed by atoms with Crippen LogP contribution in [0.1, 0.15) is 84.5 Å². The van der Waals surface area contributed by atoms with Crippen LogP contribution in [0.3, 0.4) is 0 Å². The fourth-order valence-corrected chi connectivity index (χ4v) is 6.00. The number of aromatic nitrogens is 5. The molecule has 0 radical (unpaired) electrons. The molecule has 1 aliphatic heterocycles. The van der Waals surface area contributed by atoms with Gasteiger partial charge in [-0.15, -0.1) is 0 Å². The predicted molar refractivity (Wildman–Crippen MR) is 134 cm³/mol. The Labute approximate surface area is 236 Å². The SMILES string of the molecule is Cc1nonc1C(=O)N[C@H](c1cn2ncc(C(C3CC3)N3CCC(C(F)(F)F)NC3=O)cc2n1)C1CCC(F)(F)CC1. The maximum atomic E-state index is 14.0. The lowest BCUT2D eigenvalue weighted by atomic mass is 9.81. The summed E-state index contributed by atoms with van der Waals surface area (Å²) < 4.78 is 73.7. The van der Waals surface area contributed by atoms with Crippen LogP contribution < -0.4 is 10.6 Å². The Hall–Kier alpha value is -3.85. The van der Waals surface area contributed by atoms with Gasteiger partial charge in [-0.25, -0.2) is 27.7 Å². The molecule has 3 aliphatic rings. The lowest BCUT2D eigenvalue weighted by molar-refractivity contribution is -0.159. The summed E-state index contributed by atoms with van der Waals surface area (Å²) in [6.45, 7) is 1.50. The average molecular weight is 597 g/mol. The fraction of sp³-hybridized carbons (Fsp3) is 0.615. The summed E-state index contributed by atoms with van der Waals surface area (Å²) in [4.78, 5) is 31.9. The first kappa shape index (κ1) is 28.3. The number of aryl methyl sites for hydroxylation is 1. The molecule has 1 saturated heterocycles. The fourth-order valence-electron chi connectivity index (χ4n) is 6.00. The number of urea groups is 1. The number of carbonyl (C=O) groups is 2. The largest absolute Gasteiger partial charge is 0.408 e. The van der Waals surface area contributed by atoms with Crippen molar-refractivity contribution < 1.29 is 36.2 Å². The van der Waals surface area contributed by atoms with E-state index in [1.165, 1.54) is 9.42 Å². The number of hydrogen-bond acceptors (Lipinski definition) is 7. The number of carbonyl (C=O) groups excluding carboxylic acids is 2. The predicted octanol–water partition coefficient (Wildman–Crippen LogP) is 4.51.